The molecule has 1 saturated heterocycles. The summed E-state index contributed by atoms with van der Waals surface area (Å²) in [4.78, 5) is 25.0. The number of morpholine rings is 1. The van der Waals surface area contributed by atoms with Crippen molar-refractivity contribution in [2.24, 2.45) is 0 Å². The van der Waals surface area contributed by atoms with Crippen LogP contribution in [0.2, 0.25) is 0 Å². The Morgan fingerprint density at radius 2 is 1.96 bits per heavy atom. The van der Waals surface area contributed by atoms with E-state index in [0.29, 0.717) is 32.5 Å². The highest BCUT2D eigenvalue weighted by Crippen LogP contribution is 2.15. The Balaban J connectivity index is 1.88. The van der Waals surface area contributed by atoms with Gasteiger partial charge in [-0.15, -0.1) is 0 Å². The molecule has 8 heteroatoms. The molecular weight excluding hydrogens is 346 g/mol. The second-order valence-corrected chi connectivity index (χ2v) is 8.26. The summed E-state index contributed by atoms with van der Waals surface area (Å²) in [6.07, 6.45) is 0.219. The average molecular weight is 369 g/mol. The second-order valence-electron chi connectivity index (χ2n) is 5.98. The lowest BCUT2D eigenvalue weighted by atomic mass is 10.1. The van der Waals surface area contributed by atoms with Gasteiger partial charge in [-0.05, 0) is 24.1 Å². The lowest BCUT2D eigenvalue weighted by Crippen LogP contribution is -2.46. The SMILES string of the molecule is CCS(=O)(=O)c1ccc(CCC(=O)N2CCOC(CC(=O)O)C2)cc1. The largest absolute Gasteiger partial charge is 0.481 e. The molecule has 1 atom stereocenters. The number of benzene rings is 1. The molecule has 138 valence electrons. The van der Waals surface area contributed by atoms with Crippen LogP contribution in [0.5, 0.6) is 0 Å². The predicted molar refractivity (Wildman–Crippen MR) is 91.1 cm³/mol. The number of aryl methyl sites for hydroxylation is 1. The van der Waals surface area contributed by atoms with E-state index >= 15 is 0 Å². The Hall–Kier alpha value is -1.93. The first-order valence-corrected chi connectivity index (χ1v) is 9.90. The highest BCUT2D eigenvalue weighted by molar-refractivity contribution is 7.91. The molecule has 2 rings (SSSR count). The molecule has 0 radical (unpaired) electrons. The topological polar surface area (TPSA) is 101 Å². The number of carboxylic acid groups (broad SMARTS) is 1. The van der Waals surface area contributed by atoms with Crippen molar-refractivity contribution in [1.29, 1.82) is 0 Å². The summed E-state index contributed by atoms with van der Waals surface area (Å²) < 4.78 is 28.9. The van der Waals surface area contributed by atoms with Gasteiger partial charge in [0, 0.05) is 19.5 Å². The molecule has 1 aliphatic heterocycles. The van der Waals surface area contributed by atoms with Gasteiger partial charge in [-0.2, -0.15) is 0 Å². The number of aliphatic carboxylic acids is 1. The number of rotatable bonds is 7. The standard InChI is InChI=1S/C17H23NO6S/c1-2-25(22,23)15-6-3-13(4-7-15)5-8-16(19)18-9-10-24-14(12-18)11-17(20)21/h3-4,6-7,14H,2,5,8-12H2,1H3,(H,20,21). The van der Waals surface area contributed by atoms with Crippen LogP contribution in [0.4, 0.5) is 0 Å². The van der Waals surface area contributed by atoms with Gasteiger partial charge < -0.3 is 14.7 Å². The monoisotopic (exact) mass is 369 g/mol. The molecule has 1 aromatic carbocycles. The van der Waals surface area contributed by atoms with Crippen molar-refractivity contribution in [3.05, 3.63) is 29.8 Å². The van der Waals surface area contributed by atoms with E-state index in [4.69, 9.17) is 9.84 Å². The number of ether oxygens (including phenoxy) is 1. The number of nitrogens with zero attached hydrogens (tertiary/aromatic N) is 1. The van der Waals surface area contributed by atoms with E-state index in [-0.39, 0.29) is 23.0 Å². The van der Waals surface area contributed by atoms with Crippen LogP contribution < -0.4 is 0 Å². The van der Waals surface area contributed by atoms with E-state index in [1.54, 1.807) is 36.1 Å². The number of carbonyl (C=O) groups excluding carboxylic acids is 1. The third-order valence-electron chi connectivity index (χ3n) is 4.18. The maximum atomic E-state index is 12.3. The van der Waals surface area contributed by atoms with Gasteiger partial charge >= 0.3 is 5.97 Å². The first kappa shape index (κ1) is 19.4. The third-order valence-corrected chi connectivity index (χ3v) is 5.93. The fraction of sp³-hybridized carbons (Fsp3) is 0.529. The molecule has 1 amide bonds. The number of sulfone groups is 1. The molecule has 1 aromatic rings. The normalized spacial score (nSPS) is 18.1. The van der Waals surface area contributed by atoms with Gasteiger partial charge in [-0.25, -0.2) is 8.42 Å². The molecule has 0 aliphatic carbocycles. The van der Waals surface area contributed by atoms with Crippen molar-refractivity contribution in [1.82, 2.24) is 4.90 Å². The molecule has 1 fully saturated rings. The molecule has 0 spiro atoms. The van der Waals surface area contributed by atoms with E-state index in [2.05, 4.69) is 0 Å². The Labute approximate surface area is 147 Å². The lowest BCUT2D eigenvalue weighted by Gasteiger charge is -2.32. The highest BCUT2D eigenvalue weighted by atomic mass is 32.2. The van der Waals surface area contributed by atoms with E-state index in [0.717, 1.165) is 5.56 Å². The summed E-state index contributed by atoms with van der Waals surface area (Å²) in [5.41, 5.74) is 0.888. The number of carboxylic acids is 1. The molecule has 0 saturated carbocycles. The van der Waals surface area contributed by atoms with Gasteiger partial charge in [0.25, 0.3) is 0 Å². The van der Waals surface area contributed by atoms with E-state index < -0.39 is 21.9 Å². The van der Waals surface area contributed by atoms with Gasteiger partial charge in [0.1, 0.15) is 0 Å². The quantitative estimate of drug-likeness (QED) is 0.773. The van der Waals surface area contributed by atoms with Crippen LogP contribution in [-0.4, -0.2) is 61.9 Å². The fourth-order valence-electron chi connectivity index (χ4n) is 2.70. The Morgan fingerprint density at radius 3 is 2.56 bits per heavy atom. The molecule has 7 nitrogen and oxygen atoms in total. The van der Waals surface area contributed by atoms with Crippen LogP contribution in [0, 0.1) is 0 Å². The highest BCUT2D eigenvalue weighted by Gasteiger charge is 2.25. The Morgan fingerprint density at radius 1 is 1.28 bits per heavy atom. The number of amides is 1. The van der Waals surface area contributed by atoms with Gasteiger partial charge in [-0.3, -0.25) is 9.59 Å². The van der Waals surface area contributed by atoms with Crippen molar-refractivity contribution >= 4 is 21.7 Å². The summed E-state index contributed by atoms with van der Waals surface area (Å²) in [5.74, 6) is -0.940. The van der Waals surface area contributed by atoms with Crippen molar-refractivity contribution in [3.8, 4) is 0 Å². The minimum atomic E-state index is -3.22. The molecule has 1 unspecified atom stereocenters. The first-order valence-electron chi connectivity index (χ1n) is 8.24. The van der Waals surface area contributed by atoms with E-state index in [9.17, 15) is 18.0 Å². The molecule has 1 N–H and O–H groups in total. The van der Waals surface area contributed by atoms with E-state index in [1.807, 2.05) is 0 Å². The van der Waals surface area contributed by atoms with Crippen molar-refractivity contribution < 1.29 is 27.9 Å². The Bertz CT molecular complexity index is 713. The van der Waals surface area contributed by atoms with Gasteiger partial charge in [0.05, 0.1) is 29.8 Å². The minimum Gasteiger partial charge on any atom is -0.481 e. The summed E-state index contributed by atoms with van der Waals surface area (Å²) in [6, 6.07) is 6.58. The van der Waals surface area contributed by atoms with Crippen LogP contribution in [0.15, 0.2) is 29.2 Å². The maximum absolute atomic E-state index is 12.3. The minimum absolute atomic E-state index is 0.0519. The number of hydrogen-bond donors (Lipinski definition) is 1. The number of hydrogen-bond acceptors (Lipinski definition) is 5. The average Bonchev–Trinajstić information content (AvgIpc) is 2.59. The first-order chi connectivity index (χ1) is 11.8. The maximum Gasteiger partial charge on any atom is 0.306 e. The van der Waals surface area contributed by atoms with Crippen LogP contribution in [0.3, 0.4) is 0 Å². The summed E-state index contributed by atoms with van der Waals surface area (Å²) in [5, 5.41) is 8.81. The van der Waals surface area contributed by atoms with Crippen LogP contribution >= 0.6 is 0 Å². The molecule has 25 heavy (non-hydrogen) atoms. The number of carbonyl (C=O) groups is 2. The predicted octanol–water partition coefficient (Wildman–Crippen LogP) is 1.11. The van der Waals surface area contributed by atoms with Gasteiger partial charge in [0.2, 0.25) is 5.91 Å². The molecular formula is C17H23NO6S. The molecule has 0 aromatic heterocycles. The molecule has 1 heterocycles. The third kappa shape index (κ3) is 5.54. The lowest BCUT2D eigenvalue weighted by molar-refractivity contribution is -0.147. The van der Waals surface area contributed by atoms with Crippen LogP contribution in [0.25, 0.3) is 0 Å². The van der Waals surface area contributed by atoms with Crippen LogP contribution in [-0.2, 0) is 30.6 Å². The van der Waals surface area contributed by atoms with Crippen LogP contribution in [0.1, 0.15) is 25.3 Å². The fourth-order valence-corrected chi connectivity index (χ4v) is 3.59. The summed E-state index contributed by atoms with van der Waals surface area (Å²) in [7, 11) is -3.22. The smallest absolute Gasteiger partial charge is 0.306 e. The zero-order valence-electron chi connectivity index (χ0n) is 14.2. The van der Waals surface area contributed by atoms with Gasteiger partial charge in [-0.1, -0.05) is 19.1 Å². The molecule has 0 bridgehead atoms. The Kier molecular flexibility index (Phi) is 6.55. The second kappa shape index (κ2) is 8.44. The molecule has 1 aliphatic rings. The zero-order valence-corrected chi connectivity index (χ0v) is 15.0. The van der Waals surface area contributed by atoms with Crippen molar-refractivity contribution in [3.63, 3.8) is 0 Å². The van der Waals surface area contributed by atoms with E-state index in [1.165, 1.54) is 0 Å². The van der Waals surface area contributed by atoms with Crippen molar-refractivity contribution in [2.75, 3.05) is 25.4 Å². The van der Waals surface area contributed by atoms with Gasteiger partial charge in [0.15, 0.2) is 9.84 Å². The van der Waals surface area contributed by atoms with Crippen molar-refractivity contribution in [2.45, 2.75) is 37.2 Å². The summed E-state index contributed by atoms with van der Waals surface area (Å²) in [6.45, 7) is 2.69. The summed E-state index contributed by atoms with van der Waals surface area (Å²) >= 11 is 0. The zero-order chi connectivity index (χ0) is 18.4.